The van der Waals surface area contributed by atoms with Gasteiger partial charge in [-0.15, -0.1) is 0 Å². The Morgan fingerprint density at radius 3 is 3.00 bits per heavy atom. The summed E-state index contributed by atoms with van der Waals surface area (Å²) in [7, 11) is 2.21. The Morgan fingerprint density at radius 1 is 1.40 bits per heavy atom. The van der Waals surface area contributed by atoms with E-state index in [9.17, 15) is 0 Å². The van der Waals surface area contributed by atoms with E-state index in [1.807, 2.05) is 6.20 Å². The van der Waals surface area contributed by atoms with Gasteiger partial charge >= 0.3 is 0 Å². The third-order valence-electron chi connectivity index (χ3n) is 3.97. The lowest BCUT2D eigenvalue weighted by molar-refractivity contribution is 0.172. The van der Waals surface area contributed by atoms with Crippen molar-refractivity contribution in [3.05, 3.63) is 17.5 Å². The second-order valence-electron chi connectivity index (χ2n) is 4.96. The van der Waals surface area contributed by atoms with Crippen molar-refractivity contribution in [2.24, 2.45) is 0 Å². The molecule has 0 saturated carbocycles. The lowest BCUT2D eigenvalue weighted by Crippen LogP contribution is -2.49. The number of H-pyrrole nitrogens is 1. The Labute approximate surface area is 90.0 Å². The number of hydrogen-bond donors (Lipinski definition) is 2. The van der Waals surface area contributed by atoms with Crippen LogP contribution < -0.4 is 5.32 Å². The van der Waals surface area contributed by atoms with Gasteiger partial charge in [0.25, 0.3) is 0 Å². The lowest BCUT2D eigenvalue weighted by Gasteiger charge is -2.42. The molecule has 4 heteroatoms. The third-order valence-corrected chi connectivity index (χ3v) is 3.97. The van der Waals surface area contributed by atoms with Gasteiger partial charge in [0.15, 0.2) is 0 Å². The highest BCUT2D eigenvalue weighted by molar-refractivity contribution is 5.30. The Hall–Kier alpha value is -0.870. The van der Waals surface area contributed by atoms with Gasteiger partial charge in [-0.2, -0.15) is 5.10 Å². The number of nitrogens with one attached hydrogen (secondary N) is 2. The predicted octanol–water partition coefficient (Wildman–Crippen LogP) is 0.476. The molecule has 1 fully saturated rings. The average Bonchev–Trinajstić information content (AvgIpc) is 2.72. The van der Waals surface area contributed by atoms with E-state index >= 15 is 0 Å². The van der Waals surface area contributed by atoms with Gasteiger partial charge in [-0.25, -0.2) is 0 Å². The van der Waals surface area contributed by atoms with Gasteiger partial charge in [-0.3, -0.25) is 5.10 Å². The summed E-state index contributed by atoms with van der Waals surface area (Å²) in [5.74, 6) is 0. The molecule has 1 aromatic rings. The zero-order chi connectivity index (χ0) is 10.3. The zero-order valence-corrected chi connectivity index (χ0v) is 9.21. The van der Waals surface area contributed by atoms with Gasteiger partial charge in [-0.05, 0) is 33.0 Å². The van der Waals surface area contributed by atoms with Crippen LogP contribution in [0.2, 0.25) is 0 Å². The van der Waals surface area contributed by atoms with Crippen LogP contribution in [0, 0.1) is 0 Å². The molecule has 0 amide bonds. The van der Waals surface area contributed by atoms with Crippen LogP contribution >= 0.6 is 0 Å². The van der Waals surface area contributed by atoms with Crippen LogP contribution in [0.5, 0.6) is 0 Å². The quantitative estimate of drug-likeness (QED) is 0.649. The van der Waals surface area contributed by atoms with E-state index in [0.29, 0.717) is 5.41 Å². The fourth-order valence-corrected chi connectivity index (χ4v) is 2.90. The fraction of sp³-hybridized carbons (Fsp3) is 0.727. The number of piperidine rings is 1. The minimum atomic E-state index is 0.330. The van der Waals surface area contributed by atoms with Gasteiger partial charge in [0.05, 0.1) is 6.20 Å². The first-order valence-electron chi connectivity index (χ1n) is 5.72. The molecular weight excluding hydrogens is 188 g/mol. The van der Waals surface area contributed by atoms with E-state index in [4.69, 9.17) is 0 Å². The van der Waals surface area contributed by atoms with Crippen LogP contribution in [0.1, 0.15) is 24.1 Å². The molecule has 0 atom stereocenters. The highest BCUT2D eigenvalue weighted by atomic mass is 15.2. The van der Waals surface area contributed by atoms with E-state index in [-0.39, 0.29) is 0 Å². The van der Waals surface area contributed by atoms with Crippen molar-refractivity contribution < 1.29 is 0 Å². The highest BCUT2D eigenvalue weighted by Crippen LogP contribution is 2.37. The number of fused-ring (bicyclic) bond motifs is 2. The first-order chi connectivity index (χ1) is 7.30. The van der Waals surface area contributed by atoms with E-state index in [0.717, 1.165) is 13.1 Å². The van der Waals surface area contributed by atoms with E-state index in [2.05, 4.69) is 27.5 Å². The van der Waals surface area contributed by atoms with Crippen molar-refractivity contribution in [2.45, 2.75) is 24.8 Å². The highest BCUT2D eigenvalue weighted by Gasteiger charge is 2.40. The Balaban J connectivity index is 1.94. The maximum absolute atomic E-state index is 4.19. The first kappa shape index (κ1) is 9.36. The molecule has 2 aliphatic rings. The van der Waals surface area contributed by atoms with Crippen molar-refractivity contribution in [2.75, 3.05) is 26.7 Å². The number of aromatic amines is 1. The number of rotatable bonds is 0. The Morgan fingerprint density at radius 2 is 2.20 bits per heavy atom. The number of aromatic nitrogens is 2. The molecule has 1 spiro atoms. The molecule has 4 nitrogen and oxygen atoms in total. The molecule has 82 valence electrons. The van der Waals surface area contributed by atoms with Crippen molar-refractivity contribution in [1.82, 2.24) is 20.4 Å². The molecule has 3 rings (SSSR count). The summed E-state index contributed by atoms with van der Waals surface area (Å²) in [6, 6.07) is 0. The number of nitrogens with zero attached hydrogens (tertiary/aromatic N) is 2. The molecule has 0 radical (unpaired) electrons. The topological polar surface area (TPSA) is 44.0 Å². The summed E-state index contributed by atoms with van der Waals surface area (Å²) >= 11 is 0. The minimum absolute atomic E-state index is 0.330. The maximum Gasteiger partial charge on any atom is 0.0535 e. The van der Waals surface area contributed by atoms with Crippen LogP contribution in [0.15, 0.2) is 6.20 Å². The largest absolute Gasteiger partial charge is 0.312 e. The normalized spacial score (nSPS) is 25.4. The molecule has 2 aliphatic heterocycles. The average molecular weight is 206 g/mol. The first-order valence-corrected chi connectivity index (χ1v) is 5.72. The molecule has 0 bridgehead atoms. The summed E-state index contributed by atoms with van der Waals surface area (Å²) in [6.45, 7) is 4.47. The van der Waals surface area contributed by atoms with Gasteiger partial charge in [0, 0.05) is 29.8 Å². The number of hydrogen-bond acceptors (Lipinski definition) is 3. The van der Waals surface area contributed by atoms with Crippen LogP contribution in [-0.2, 0) is 12.0 Å². The molecule has 3 heterocycles. The van der Waals surface area contributed by atoms with E-state index in [1.165, 1.54) is 37.2 Å². The van der Waals surface area contributed by atoms with Crippen molar-refractivity contribution in [3.8, 4) is 0 Å². The zero-order valence-electron chi connectivity index (χ0n) is 9.21. The second-order valence-corrected chi connectivity index (χ2v) is 4.96. The Kier molecular flexibility index (Phi) is 2.07. The molecule has 15 heavy (non-hydrogen) atoms. The van der Waals surface area contributed by atoms with Crippen molar-refractivity contribution in [1.29, 1.82) is 0 Å². The Bertz CT molecular complexity index is 349. The van der Waals surface area contributed by atoms with Crippen LogP contribution in [0.25, 0.3) is 0 Å². The smallest absolute Gasteiger partial charge is 0.0535 e. The third kappa shape index (κ3) is 1.40. The summed E-state index contributed by atoms with van der Waals surface area (Å²) in [5.41, 5.74) is 3.09. The molecule has 1 aromatic heterocycles. The summed E-state index contributed by atoms with van der Waals surface area (Å²) in [5, 5.41) is 10.9. The van der Waals surface area contributed by atoms with E-state index < -0.39 is 0 Å². The standard InChI is InChI=1S/C11H18N4/c1-15-4-2-11(3-5-15)8-12-6-9-7-13-14-10(9)11/h7,12H,2-6,8H2,1H3,(H,13,14). The van der Waals surface area contributed by atoms with Crippen molar-refractivity contribution in [3.63, 3.8) is 0 Å². The number of likely N-dealkylation sites (tertiary alicyclic amines) is 1. The molecule has 0 aliphatic carbocycles. The minimum Gasteiger partial charge on any atom is -0.312 e. The monoisotopic (exact) mass is 206 g/mol. The van der Waals surface area contributed by atoms with Crippen LogP contribution in [0.3, 0.4) is 0 Å². The van der Waals surface area contributed by atoms with Crippen LogP contribution in [-0.4, -0.2) is 41.8 Å². The lowest BCUT2D eigenvalue weighted by atomic mass is 9.73. The molecule has 2 N–H and O–H groups in total. The maximum atomic E-state index is 4.19. The molecular formula is C11H18N4. The van der Waals surface area contributed by atoms with Gasteiger partial charge < -0.3 is 10.2 Å². The van der Waals surface area contributed by atoms with Gasteiger partial charge in [0.1, 0.15) is 0 Å². The summed E-state index contributed by atoms with van der Waals surface area (Å²) in [4.78, 5) is 2.41. The molecule has 0 aromatic carbocycles. The SMILES string of the molecule is CN1CCC2(CC1)CNCc1cn[nH]c12. The summed E-state index contributed by atoms with van der Waals surface area (Å²) in [6.07, 6.45) is 4.46. The van der Waals surface area contributed by atoms with E-state index in [1.54, 1.807) is 0 Å². The second kappa shape index (κ2) is 3.32. The molecule has 1 saturated heterocycles. The molecule has 0 unspecified atom stereocenters. The van der Waals surface area contributed by atoms with Gasteiger partial charge in [-0.1, -0.05) is 0 Å². The fourth-order valence-electron chi connectivity index (χ4n) is 2.90. The van der Waals surface area contributed by atoms with Gasteiger partial charge in [0.2, 0.25) is 0 Å². The van der Waals surface area contributed by atoms with Crippen LogP contribution in [0.4, 0.5) is 0 Å². The summed E-state index contributed by atoms with van der Waals surface area (Å²) < 4.78 is 0. The van der Waals surface area contributed by atoms with Crippen molar-refractivity contribution >= 4 is 0 Å². The predicted molar refractivity (Wildman–Crippen MR) is 58.7 cm³/mol.